The van der Waals surface area contributed by atoms with E-state index in [0.717, 1.165) is 11.3 Å². The second kappa shape index (κ2) is 8.47. The number of nitrogens with zero attached hydrogens (tertiary/aromatic N) is 2. The standard InChI is InChI=1S/C21H20N4O4/c1-27-17-5-3-2-4-14(17)11-23-20-13-22-16(12-24-20)21(26)25-15-6-7-18-19(10-15)29-9-8-28-18/h2-7,10,12-13H,8-9,11H2,1H3,(H,23,24)(H,25,26). The number of ether oxygens (including phenoxy) is 3. The van der Waals surface area contributed by atoms with Crippen molar-refractivity contribution >= 4 is 17.4 Å². The van der Waals surface area contributed by atoms with Gasteiger partial charge in [0.2, 0.25) is 0 Å². The Bertz CT molecular complexity index is 1010. The van der Waals surface area contributed by atoms with Crippen LogP contribution in [0.3, 0.4) is 0 Å². The first kappa shape index (κ1) is 18.5. The molecule has 1 aliphatic rings. The van der Waals surface area contributed by atoms with Gasteiger partial charge >= 0.3 is 0 Å². The van der Waals surface area contributed by atoms with E-state index in [1.165, 1.54) is 12.4 Å². The van der Waals surface area contributed by atoms with E-state index in [4.69, 9.17) is 14.2 Å². The van der Waals surface area contributed by atoms with Gasteiger partial charge in [0.1, 0.15) is 30.5 Å². The highest BCUT2D eigenvalue weighted by atomic mass is 16.6. The van der Waals surface area contributed by atoms with Crippen molar-refractivity contribution in [3.05, 3.63) is 66.1 Å². The van der Waals surface area contributed by atoms with E-state index in [0.29, 0.717) is 42.8 Å². The van der Waals surface area contributed by atoms with Crippen LogP contribution in [0.5, 0.6) is 17.2 Å². The molecule has 1 amide bonds. The van der Waals surface area contributed by atoms with Gasteiger partial charge in [0, 0.05) is 23.9 Å². The molecule has 2 N–H and O–H groups in total. The molecule has 0 bridgehead atoms. The van der Waals surface area contributed by atoms with Crippen LogP contribution >= 0.6 is 0 Å². The molecule has 3 aromatic rings. The van der Waals surface area contributed by atoms with Crippen molar-refractivity contribution in [2.24, 2.45) is 0 Å². The van der Waals surface area contributed by atoms with Crippen LogP contribution in [0.4, 0.5) is 11.5 Å². The number of carbonyl (C=O) groups is 1. The number of anilines is 2. The first-order chi connectivity index (χ1) is 14.2. The molecule has 0 fully saturated rings. The highest BCUT2D eigenvalue weighted by Gasteiger charge is 2.14. The van der Waals surface area contributed by atoms with Crippen molar-refractivity contribution in [3.63, 3.8) is 0 Å². The van der Waals surface area contributed by atoms with Crippen LogP contribution in [-0.4, -0.2) is 36.2 Å². The fraction of sp³-hybridized carbons (Fsp3) is 0.190. The molecule has 0 aliphatic carbocycles. The second-order valence-electron chi connectivity index (χ2n) is 6.26. The molecule has 0 saturated carbocycles. The predicted molar refractivity (Wildman–Crippen MR) is 108 cm³/mol. The Morgan fingerprint density at radius 2 is 1.90 bits per heavy atom. The minimum Gasteiger partial charge on any atom is -0.496 e. The van der Waals surface area contributed by atoms with Gasteiger partial charge in [-0.2, -0.15) is 0 Å². The average molecular weight is 392 g/mol. The number of methoxy groups -OCH3 is 1. The molecule has 1 aliphatic heterocycles. The summed E-state index contributed by atoms with van der Waals surface area (Å²) in [6.45, 7) is 1.53. The van der Waals surface area contributed by atoms with Gasteiger partial charge in [0.25, 0.3) is 5.91 Å². The van der Waals surface area contributed by atoms with Gasteiger partial charge in [-0.15, -0.1) is 0 Å². The van der Waals surface area contributed by atoms with Crippen molar-refractivity contribution in [2.45, 2.75) is 6.54 Å². The molecule has 29 heavy (non-hydrogen) atoms. The lowest BCUT2D eigenvalue weighted by Crippen LogP contribution is -2.17. The molecular weight excluding hydrogens is 372 g/mol. The van der Waals surface area contributed by atoms with Crippen LogP contribution < -0.4 is 24.8 Å². The zero-order valence-electron chi connectivity index (χ0n) is 15.8. The zero-order chi connectivity index (χ0) is 20.1. The molecule has 148 valence electrons. The minimum atomic E-state index is -0.356. The summed E-state index contributed by atoms with van der Waals surface area (Å²) in [6, 6.07) is 13.0. The van der Waals surface area contributed by atoms with E-state index in [1.807, 2.05) is 24.3 Å². The number of para-hydroxylation sites is 1. The van der Waals surface area contributed by atoms with Gasteiger partial charge in [0.15, 0.2) is 11.5 Å². The van der Waals surface area contributed by atoms with E-state index in [1.54, 1.807) is 25.3 Å². The van der Waals surface area contributed by atoms with Gasteiger partial charge < -0.3 is 24.8 Å². The molecule has 8 nitrogen and oxygen atoms in total. The molecule has 0 radical (unpaired) electrons. The van der Waals surface area contributed by atoms with Gasteiger partial charge in [-0.3, -0.25) is 4.79 Å². The summed E-state index contributed by atoms with van der Waals surface area (Å²) in [5.74, 6) is 2.27. The summed E-state index contributed by atoms with van der Waals surface area (Å²) in [5, 5.41) is 5.96. The van der Waals surface area contributed by atoms with Crippen molar-refractivity contribution in [2.75, 3.05) is 31.0 Å². The third-order valence-corrected chi connectivity index (χ3v) is 4.34. The molecule has 0 unspecified atom stereocenters. The van der Waals surface area contributed by atoms with Crippen LogP contribution in [0.1, 0.15) is 16.1 Å². The molecule has 0 saturated heterocycles. The van der Waals surface area contributed by atoms with Gasteiger partial charge in [-0.05, 0) is 18.2 Å². The number of aromatic nitrogens is 2. The second-order valence-corrected chi connectivity index (χ2v) is 6.26. The fourth-order valence-electron chi connectivity index (χ4n) is 2.89. The van der Waals surface area contributed by atoms with E-state index >= 15 is 0 Å². The number of fused-ring (bicyclic) bond motifs is 1. The highest BCUT2D eigenvalue weighted by molar-refractivity contribution is 6.02. The SMILES string of the molecule is COc1ccccc1CNc1cnc(C(=O)Nc2ccc3c(c2)OCCO3)cn1. The Balaban J connectivity index is 1.38. The molecule has 2 aromatic carbocycles. The van der Waals surface area contributed by atoms with Crippen molar-refractivity contribution in [1.29, 1.82) is 0 Å². The lowest BCUT2D eigenvalue weighted by molar-refractivity contribution is 0.102. The molecule has 1 aromatic heterocycles. The summed E-state index contributed by atoms with van der Waals surface area (Å²) in [7, 11) is 1.63. The van der Waals surface area contributed by atoms with Crippen LogP contribution in [-0.2, 0) is 6.54 Å². The van der Waals surface area contributed by atoms with Crippen LogP contribution in [0.15, 0.2) is 54.9 Å². The van der Waals surface area contributed by atoms with Gasteiger partial charge in [-0.25, -0.2) is 9.97 Å². The smallest absolute Gasteiger partial charge is 0.275 e. The Kier molecular flexibility index (Phi) is 5.42. The topological polar surface area (TPSA) is 94.6 Å². The third-order valence-electron chi connectivity index (χ3n) is 4.34. The average Bonchev–Trinajstić information content (AvgIpc) is 2.78. The maximum atomic E-state index is 12.4. The first-order valence-corrected chi connectivity index (χ1v) is 9.12. The Labute approximate surface area is 167 Å². The summed E-state index contributed by atoms with van der Waals surface area (Å²) in [6.07, 6.45) is 2.95. The number of amides is 1. The zero-order valence-corrected chi connectivity index (χ0v) is 15.8. The third kappa shape index (κ3) is 4.37. The monoisotopic (exact) mass is 392 g/mol. The lowest BCUT2D eigenvalue weighted by Gasteiger charge is -2.18. The molecule has 0 atom stereocenters. The first-order valence-electron chi connectivity index (χ1n) is 9.12. The van der Waals surface area contributed by atoms with Crippen LogP contribution in [0, 0.1) is 0 Å². The maximum absolute atomic E-state index is 12.4. The van der Waals surface area contributed by atoms with Gasteiger partial charge in [0.05, 0.1) is 19.5 Å². The summed E-state index contributed by atoms with van der Waals surface area (Å²) >= 11 is 0. The summed E-state index contributed by atoms with van der Waals surface area (Å²) in [5.41, 5.74) is 1.80. The van der Waals surface area contributed by atoms with Crippen molar-refractivity contribution in [3.8, 4) is 17.2 Å². The van der Waals surface area contributed by atoms with E-state index < -0.39 is 0 Å². The fourth-order valence-corrected chi connectivity index (χ4v) is 2.89. The maximum Gasteiger partial charge on any atom is 0.275 e. The van der Waals surface area contributed by atoms with E-state index in [-0.39, 0.29) is 11.6 Å². The largest absolute Gasteiger partial charge is 0.496 e. The molecule has 0 spiro atoms. The van der Waals surface area contributed by atoms with Gasteiger partial charge in [-0.1, -0.05) is 18.2 Å². The predicted octanol–water partition coefficient (Wildman–Crippen LogP) is 3.12. The quantitative estimate of drug-likeness (QED) is 0.665. The molecule has 4 rings (SSSR count). The lowest BCUT2D eigenvalue weighted by atomic mass is 10.2. The van der Waals surface area contributed by atoms with Crippen molar-refractivity contribution in [1.82, 2.24) is 9.97 Å². The van der Waals surface area contributed by atoms with E-state index in [9.17, 15) is 4.79 Å². The summed E-state index contributed by atoms with van der Waals surface area (Å²) in [4.78, 5) is 20.9. The number of benzene rings is 2. The Hall–Kier alpha value is -3.81. The Morgan fingerprint density at radius 3 is 2.69 bits per heavy atom. The molecule has 2 heterocycles. The Morgan fingerprint density at radius 1 is 1.07 bits per heavy atom. The van der Waals surface area contributed by atoms with E-state index in [2.05, 4.69) is 20.6 Å². The number of carbonyl (C=O) groups excluding carboxylic acids is 1. The summed E-state index contributed by atoms with van der Waals surface area (Å²) < 4.78 is 16.3. The molecular formula is C21H20N4O4. The van der Waals surface area contributed by atoms with Crippen LogP contribution in [0.25, 0.3) is 0 Å². The number of hydrogen-bond acceptors (Lipinski definition) is 7. The number of hydrogen-bond donors (Lipinski definition) is 2. The van der Waals surface area contributed by atoms with Crippen molar-refractivity contribution < 1.29 is 19.0 Å². The molecule has 8 heteroatoms. The number of nitrogens with one attached hydrogen (secondary N) is 2. The highest BCUT2D eigenvalue weighted by Crippen LogP contribution is 2.32. The normalized spacial score (nSPS) is 12.2. The van der Waals surface area contributed by atoms with Crippen LogP contribution in [0.2, 0.25) is 0 Å². The number of rotatable bonds is 6. The minimum absolute atomic E-state index is 0.211.